The minimum atomic E-state index is -0.252. The standard InChI is InChI=1S/C30H40N8O4/c1-20(2)25-18-32-38-27(25)35-29(34-23-10-14-42-15-11-23)36-30(38)31-17-21-6-4-7-24(16-21)33-28(40)22-9-12-37(19-22)26(39)8-5-13-41-3/h4-8,16,18,20,22-23H,9-15,17,19H2,1-3H3,(H,33,40)(H2,31,34,35,36)/b8-5+. The summed E-state index contributed by atoms with van der Waals surface area (Å²) in [4.78, 5) is 36.6. The van der Waals surface area contributed by atoms with Gasteiger partial charge in [0.2, 0.25) is 23.7 Å². The predicted molar refractivity (Wildman–Crippen MR) is 160 cm³/mol. The molecule has 1 aromatic carbocycles. The van der Waals surface area contributed by atoms with Gasteiger partial charge in [-0.1, -0.05) is 32.1 Å². The molecule has 0 saturated carbocycles. The number of amides is 2. The van der Waals surface area contributed by atoms with Crippen molar-refractivity contribution < 1.29 is 19.1 Å². The highest BCUT2D eigenvalue weighted by Gasteiger charge is 2.30. The van der Waals surface area contributed by atoms with E-state index >= 15 is 0 Å². The molecule has 2 aliphatic rings. The lowest BCUT2D eigenvalue weighted by Gasteiger charge is -2.23. The Morgan fingerprint density at radius 2 is 2.02 bits per heavy atom. The lowest BCUT2D eigenvalue weighted by Crippen LogP contribution is -2.30. The molecule has 4 heterocycles. The number of benzene rings is 1. The van der Waals surface area contributed by atoms with Crippen LogP contribution in [0.25, 0.3) is 5.65 Å². The maximum Gasteiger partial charge on any atom is 0.246 e. The molecule has 2 saturated heterocycles. The SMILES string of the molecule is COC/C=C/C(=O)N1CCC(C(=O)Nc2cccc(CNc3nc(NC4CCOCC4)nc4c(C(C)C)cnn34)c2)C1. The smallest absolute Gasteiger partial charge is 0.246 e. The third-order valence-corrected chi connectivity index (χ3v) is 7.61. The second kappa shape index (κ2) is 13.8. The quantitative estimate of drug-likeness (QED) is 0.293. The zero-order chi connectivity index (χ0) is 29.5. The van der Waals surface area contributed by atoms with Crippen molar-refractivity contribution in [1.29, 1.82) is 0 Å². The second-order valence-electron chi connectivity index (χ2n) is 11.1. The van der Waals surface area contributed by atoms with Crippen molar-refractivity contribution in [3.8, 4) is 0 Å². The van der Waals surface area contributed by atoms with Gasteiger partial charge in [-0.3, -0.25) is 9.59 Å². The Morgan fingerprint density at radius 3 is 2.81 bits per heavy atom. The van der Waals surface area contributed by atoms with Crippen molar-refractivity contribution in [2.24, 2.45) is 5.92 Å². The van der Waals surface area contributed by atoms with E-state index in [2.05, 4.69) is 34.9 Å². The first-order valence-electron chi connectivity index (χ1n) is 14.6. The summed E-state index contributed by atoms with van der Waals surface area (Å²) < 4.78 is 12.2. The monoisotopic (exact) mass is 576 g/mol. The maximum atomic E-state index is 13.0. The summed E-state index contributed by atoms with van der Waals surface area (Å²) in [7, 11) is 1.58. The summed E-state index contributed by atoms with van der Waals surface area (Å²) in [5, 5.41) is 14.5. The van der Waals surface area contributed by atoms with E-state index in [1.807, 2.05) is 30.5 Å². The first-order valence-corrected chi connectivity index (χ1v) is 14.6. The first-order chi connectivity index (χ1) is 20.4. The van der Waals surface area contributed by atoms with Crippen LogP contribution in [0.4, 0.5) is 17.6 Å². The fourth-order valence-electron chi connectivity index (χ4n) is 5.21. The van der Waals surface area contributed by atoms with Crippen molar-refractivity contribution in [2.75, 3.05) is 56.0 Å². The van der Waals surface area contributed by atoms with Gasteiger partial charge in [0.15, 0.2) is 5.65 Å². The number of nitrogens with one attached hydrogen (secondary N) is 3. The summed E-state index contributed by atoms with van der Waals surface area (Å²) in [6, 6.07) is 7.98. The van der Waals surface area contributed by atoms with Crippen LogP contribution in [-0.4, -0.2) is 82.4 Å². The molecule has 12 nitrogen and oxygen atoms in total. The van der Waals surface area contributed by atoms with Crippen molar-refractivity contribution in [2.45, 2.75) is 51.6 Å². The van der Waals surface area contributed by atoms with Crippen LogP contribution in [-0.2, 0) is 25.6 Å². The second-order valence-corrected chi connectivity index (χ2v) is 11.1. The Balaban J connectivity index is 1.24. The maximum absolute atomic E-state index is 13.0. The number of anilines is 3. The van der Waals surface area contributed by atoms with Gasteiger partial charge in [0.1, 0.15) is 0 Å². The summed E-state index contributed by atoms with van der Waals surface area (Å²) in [6.07, 6.45) is 7.48. The zero-order valence-corrected chi connectivity index (χ0v) is 24.5. The van der Waals surface area contributed by atoms with Crippen LogP contribution in [0.5, 0.6) is 0 Å². The Hall–Kier alpha value is -4.03. The van der Waals surface area contributed by atoms with E-state index in [1.165, 1.54) is 6.08 Å². The van der Waals surface area contributed by atoms with Gasteiger partial charge in [-0.05, 0) is 42.9 Å². The molecule has 2 aliphatic heterocycles. The van der Waals surface area contributed by atoms with Gasteiger partial charge in [0.25, 0.3) is 0 Å². The largest absolute Gasteiger partial charge is 0.381 e. The van der Waals surface area contributed by atoms with Crippen molar-refractivity contribution in [1.82, 2.24) is 24.5 Å². The molecular formula is C30H40N8O4. The molecule has 0 spiro atoms. The number of carbonyl (C=O) groups excluding carboxylic acids is 2. The van der Waals surface area contributed by atoms with Crippen LogP contribution < -0.4 is 16.0 Å². The predicted octanol–water partition coefficient (Wildman–Crippen LogP) is 3.44. The minimum Gasteiger partial charge on any atom is -0.381 e. The van der Waals surface area contributed by atoms with Gasteiger partial charge in [0, 0.05) is 63.3 Å². The zero-order valence-electron chi connectivity index (χ0n) is 24.5. The van der Waals surface area contributed by atoms with Gasteiger partial charge < -0.3 is 30.3 Å². The highest BCUT2D eigenvalue weighted by atomic mass is 16.5. The average molecular weight is 577 g/mol. The number of hydrogen-bond acceptors (Lipinski definition) is 9. The molecule has 3 aromatic rings. The summed E-state index contributed by atoms with van der Waals surface area (Å²) in [6.45, 7) is 7.52. The molecule has 0 radical (unpaired) electrons. The lowest BCUT2D eigenvalue weighted by atomic mass is 10.1. The Bertz CT molecular complexity index is 1420. The van der Waals surface area contributed by atoms with E-state index in [0.29, 0.717) is 50.2 Å². The molecule has 1 unspecified atom stereocenters. The number of ether oxygens (including phenoxy) is 2. The molecule has 2 aromatic heterocycles. The summed E-state index contributed by atoms with van der Waals surface area (Å²) in [5.74, 6) is 0.981. The van der Waals surface area contributed by atoms with Crippen LogP contribution >= 0.6 is 0 Å². The number of likely N-dealkylation sites (tertiary alicyclic amines) is 1. The van der Waals surface area contributed by atoms with E-state index in [1.54, 1.807) is 22.6 Å². The lowest BCUT2D eigenvalue weighted by molar-refractivity contribution is -0.125. The third-order valence-electron chi connectivity index (χ3n) is 7.61. The highest BCUT2D eigenvalue weighted by molar-refractivity contribution is 5.94. The van der Waals surface area contributed by atoms with E-state index in [9.17, 15) is 9.59 Å². The van der Waals surface area contributed by atoms with E-state index in [4.69, 9.17) is 19.4 Å². The topological polar surface area (TPSA) is 135 Å². The molecule has 0 aliphatic carbocycles. The van der Waals surface area contributed by atoms with Crippen LogP contribution in [0.2, 0.25) is 0 Å². The molecule has 0 bridgehead atoms. The van der Waals surface area contributed by atoms with Crippen molar-refractivity contribution in [3.63, 3.8) is 0 Å². The molecule has 5 rings (SSSR count). The van der Waals surface area contributed by atoms with Gasteiger partial charge in [-0.25, -0.2) is 0 Å². The van der Waals surface area contributed by atoms with Crippen molar-refractivity contribution in [3.05, 3.63) is 53.7 Å². The highest BCUT2D eigenvalue weighted by Crippen LogP contribution is 2.24. The number of carbonyl (C=O) groups is 2. The first kappa shape index (κ1) is 29.5. The van der Waals surface area contributed by atoms with E-state index in [-0.39, 0.29) is 29.7 Å². The van der Waals surface area contributed by atoms with E-state index in [0.717, 1.165) is 42.8 Å². The number of rotatable bonds is 11. The molecule has 12 heteroatoms. The number of nitrogens with zero attached hydrogens (tertiary/aromatic N) is 5. The summed E-state index contributed by atoms with van der Waals surface area (Å²) in [5.41, 5.74) is 3.51. The molecule has 2 fully saturated rings. The van der Waals surface area contributed by atoms with E-state index < -0.39 is 0 Å². The third kappa shape index (κ3) is 7.24. The normalized spacial score (nSPS) is 17.8. The van der Waals surface area contributed by atoms with Crippen molar-refractivity contribution >= 4 is 35.0 Å². The average Bonchev–Trinajstić information content (AvgIpc) is 3.65. The molecule has 224 valence electrons. The molecule has 42 heavy (non-hydrogen) atoms. The number of hydrogen-bond donors (Lipinski definition) is 3. The Morgan fingerprint density at radius 1 is 1.19 bits per heavy atom. The fourth-order valence-corrected chi connectivity index (χ4v) is 5.21. The molecule has 2 amide bonds. The van der Waals surface area contributed by atoms with Crippen LogP contribution in [0.1, 0.15) is 50.2 Å². The number of methoxy groups -OCH3 is 1. The fraction of sp³-hybridized carbons (Fsp3) is 0.500. The van der Waals surface area contributed by atoms with Crippen LogP contribution in [0.15, 0.2) is 42.6 Å². The van der Waals surface area contributed by atoms with Gasteiger partial charge >= 0.3 is 0 Å². The molecular weight excluding hydrogens is 536 g/mol. The van der Waals surface area contributed by atoms with Gasteiger partial charge in [-0.2, -0.15) is 19.6 Å². The van der Waals surface area contributed by atoms with Crippen LogP contribution in [0, 0.1) is 5.92 Å². The number of fused-ring (bicyclic) bond motifs is 1. The van der Waals surface area contributed by atoms with Crippen LogP contribution in [0.3, 0.4) is 0 Å². The Labute approximate surface area is 245 Å². The number of aromatic nitrogens is 4. The molecule has 1 atom stereocenters. The summed E-state index contributed by atoms with van der Waals surface area (Å²) >= 11 is 0. The minimum absolute atomic E-state index is 0.0876. The van der Waals surface area contributed by atoms with Gasteiger partial charge in [0.05, 0.1) is 18.7 Å². The molecule has 3 N–H and O–H groups in total. The van der Waals surface area contributed by atoms with Gasteiger partial charge in [-0.15, -0.1) is 0 Å². The Kier molecular flexibility index (Phi) is 9.65.